The van der Waals surface area contributed by atoms with Crippen LogP contribution in [0.4, 0.5) is 16.4 Å². The molecule has 0 spiro atoms. The SMILES string of the molecule is CSc1nccc(-c2ccc(N(c3cccc(C(=O)Nc4ccc(C(=O)O)cc4)c3)S(=O)O)s2)n1. The molecule has 0 saturated heterocycles. The summed E-state index contributed by atoms with van der Waals surface area (Å²) in [5.74, 6) is -1.51. The van der Waals surface area contributed by atoms with Crippen molar-refractivity contribution < 1.29 is 23.5 Å². The Labute approximate surface area is 211 Å². The zero-order valence-corrected chi connectivity index (χ0v) is 20.6. The third kappa shape index (κ3) is 5.74. The highest BCUT2D eigenvalue weighted by Crippen LogP contribution is 2.37. The Balaban J connectivity index is 1.58. The van der Waals surface area contributed by atoms with Crippen LogP contribution in [0.1, 0.15) is 20.7 Å². The zero-order chi connectivity index (χ0) is 24.9. The van der Waals surface area contributed by atoms with Crippen molar-refractivity contribution in [1.82, 2.24) is 9.97 Å². The van der Waals surface area contributed by atoms with Crippen molar-refractivity contribution in [3.05, 3.63) is 84.1 Å². The standard InChI is InChI=1S/C23H18N4O5S3/c1-33-23-24-12-11-18(26-23)19-9-10-20(34-19)27(35(31)32)17-4-2-3-15(13-17)21(28)25-16-7-5-14(6-8-16)22(29)30/h2-13H,1H3,(H,25,28)(H,29,30)(H,31,32). The molecule has 0 bridgehead atoms. The fraction of sp³-hybridized carbons (Fsp3) is 0.0435. The van der Waals surface area contributed by atoms with Gasteiger partial charge in [-0.1, -0.05) is 17.8 Å². The fourth-order valence-electron chi connectivity index (χ4n) is 3.12. The molecule has 2 aromatic carbocycles. The number of thiophene rings is 1. The minimum absolute atomic E-state index is 0.105. The van der Waals surface area contributed by atoms with E-state index in [1.807, 2.05) is 12.3 Å². The van der Waals surface area contributed by atoms with E-state index < -0.39 is 23.1 Å². The number of carbonyl (C=O) groups excluding carboxylic acids is 1. The summed E-state index contributed by atoms with van der Waals surface area (Å²) in [7, 11) is 0. The van der Waals surface area contributed by atoms with E-state index in [2.05, 4.69) is 15.3 Å². The van der Waals surface area contributed by atoms with E-state index in [0.29, 0.717) is 27.2 Å². The lowest BCUT2D eigenvalue weighted by Gasteiger charge is -2.18. The van der Waals surface area contributed by atoms with Crippen LogP contribution in [0.15, 0.2) is 78.1 Å². The fourth-order valence-corrected chi connectivity index (χ4v) is 5.19. The molecule has 2 aromatic heterocycles. The van der Waals surface area contributed by atoms with Crippen LogP contribution in [0.25, 0.3) is 10.6 Å². The number of nitrogens with zero attached hydrogens (tertiary/aromatic N) is 3. The number of hydrogen-bond donors (Lipinski definition) is 3. The normalized spacial score (nSPS) is 11.6. The van der Waals surface area contributed by atoms with Gasteiger partial charge in [0.2, 0.25) is 0 Å². The van der Waals surface area contributed by atoms with Crippen molar-refractivity contribution in [3.63, 3.8) is 0 Å². The average Bonchev–Trinajstić information content (AvgIpc) is 3.34. The highest BCUT2D eigenvalue weighted by molar-refractivity contribution is 7.98. The van der Waals surface area contributed by atoms with Gasteiger partial charge in [-0.25, -0.2) is 23.3 Å². The van der Waals surface area contributed by atoms with Crippen LogP contribution < -0.4 is 9.62 Å². The largest absolute Gasteiger partial charge is 0.478 e. The first-order valence-corrected chi connectivity index (χ1v) is 13.1. The molecule has 3 N–H and O–H groups in total. The molecule has 1 amide bonds. The van der Waals surface area contributed by atoms with Crippen molar-refractivity contribution in [3.8, 4) is 10.6 Å². The summed E-state index contributed by atoms with van der Waals surface area (Å²) in [6.45, 7) is 0. The van der Waals surface area contributed by atoms with Gasteiger partial charge in [-0.3, -0.25) is 9.35 Å². The van der Waals surface area contributed by atoms with Crippen LogP contribution in [0, 0.1) is 0 Å². The first-order chi connectivity index (χ1) is 16.9. The number of rotatable bonds is 8. The van der Waals surface area contributed by atoms with E-state index in [-0.39, 0.29) is 11.1 Å². The molecule has 1 unspecified atom stereocenters. The van der Waals surface area contributed by atoms with Crippen LogP contribution in [-0.4, -0.2) is 42.0 Å². The van der Waals surface area contributed by atoms with Gasteiger partial charge in [0.25, 0.3) is 17.2 Å². The molecular weight excluding hydrogens is 508 g/mol. The maximum Gasteiger partial charge on any atom is 0.335 e. The maximum absolute atomic E-state index is 12.8. The summed E-state index contributed by atoms with van der Waals surface area (Å²) in [5.41, 5.74) is 1.84. The van der Waals surface area contributed by atoms with Crippen molar-refractivity contribution in [2.45, 2.75) is 5.16 Å². The average molecular weight is 527 g/mol. The third-order valence-corrected chi connectivity index (χ3v) is 7.24. The highest BCUT2D eigenvalue weighted by atomic mass is 32.2. The van der Waals surface area contributed by atoms with Crippen LogP contribution in [0.2, 0.25) is 0 Å². The lowest BCUT2D eigenvalue weighted by Crippen LogP contribution is -2.19. The quantitative estimate of drug-likeness (QED) is 0.163. The molecule has 1 atom stereocenters. The minimum atomic E-state index is -2.40. The topological polar surface area (TPSA) is 133 Å². The Morgan fingerprint density at radius 2 is 1.83 bits per heavy atom. The predicted octanol–water partition coefficient (Wildman–Crippen LogP) is 5.15. The molecule has 178 valence electrons. The second kappa shape index (κ2) is 10.8. The Kier molecular flexibility index (Phi) is 7.56. The number of nitrogens with one attached hydrogen (secondary N) is 1. The van der Waals surface area contributed by atoms with Crippen LogP contribution in [0.5, 0.6) is 0 Å². The lowest BCUT2D eigenvalue weighted by molar-refractivity contribution is 0.0696. The molecule has 0 aliphatic rings. The minimum Gasteiger partial charge on any atom is -0.478 e. The number of carboxylic acids is 1. The molecule has 35 heavy (non-hydrogen) atoms. The number of carbonyl (C=O) groups is 2. The second-order valence-electron chi connectivity index (χ2n) is 6.98. The molecule has 0 radical (unpaired) electrons. The number of anilines is 3. The first-order valence-electron chi connectivity index (χ1n) is 9.99. The number of benzene rings is 2. The summed E-state index contributed by atoms with van der Waals surface area (Å²) in [6, 6.07) is 17.4. The number of aromatic nitrogens is 2. The smallest absolute Gasteiger partial charge is 0.335 e. The Morgan fingerprint density at radius 1 is 1.06 bits per heavy atom. The molecule has 12 heteroatoms. The molecule has 4 aromatic rings. The van der Waals surface area contributed by atoms with Gasteiger partial charge in [0, 0.05) is 17.4 Å². The van der Waals surface area contributed by atoms with Gasteiger partial charge in [0.05, 0.1) is 21.8 Å². The summed E-state index contributed by atoms with van der Waals surface area (Å²) >= 11 is 0.299. The predicted molar refractivity (Wildman–Crippen MR) is 138 cm³/mol. The number of amides is 1. The van der Waals surface area contributed by atoms with Crippen molar-refractivity contribution in [2.24, 2.45) is 0 Å². The molecule has 9 nitrogen and oxygen atoms in total. The van der Waals surface area contributed by atoms with E-state index in [9.17, 15) is 18.4 Å². The molecule has 0 aliphatic carbocycles. The van der Waals surface area contributed by atoms with Gasteiger partial charge in [0.1, 0.15) is 5.00 Å². The lowest BCUT2D eigenvalue weighted by atomic mass is 10.1. The second-order valence-corrected chi connectivity index (χ2v) is 9.64. The molecular formula is C23H18N4O5S3. The van der Waals surface area contributed by atoms with Crippen LogP contribution in [-0.2, 0) is 11.3 Å². The van der Waals surface area contributed by atoms with E-state index >= 15 is 0 Å². The van der Waals surface area contributed by atoms with Crippen LogP contribution in [0.3, 0.4) is 0 Å². The van der Waals surface area contributed by atoms with E-state index in [1.165, 1.54) is 57.7 Å². The third-order valence-electron chi connectivity index (χ3n) is 4.75. The zero-order valence-electron chi connectivity index (χ0n) is 18.1. The van der Waals surface area contributed by atoms with Crippen molar-refractivity contribution in [2.75, 3.05) is 15.9 Å². The number of carboxylic acid groups (broad SMARTS) is 1. The molecule has 2 heterocycles. The van der Waals surface area contributed by atoms with Gasteiger partial charge in [-0.2, -0.15) is 0 Å². The van der Waals surface area contributed by atoms with Gasteiger partial charge in [0.15, 0.2) is 5.16 Å². The van der Waals surface area contributed by atoms with Gasteiger partial charge in [-0.05, 0) is 66.9 Å². The molecule has 4 rings (SSSR count). The van der Waals surface area contributed by atoms with Crippen LogP contribution >= 0.6 is 23.1 Å². The van der Waals surface area contributed by atoms with E-state index in [1.54, 1.807) is 36.5 Å². The Bertz CT molecular complexity index is 1410. The molecule has 0 saturated carbocycles. The summed E-state index contributed by atoms with van der Waals surface area (Å²) in [6.07, 6.45) is 3.54. The highest BCUT2D eigenvalue weighted by Gasteiger charge is 2.20. The number of aromatic carboxylic acids is 1. The Hall–Kier alpha value is -3.58. The van der Waals surface area contributed by atoms with E-state index in [4.69, 9.17) is 5.11 Å². The first kappa shape index (κ1) is 24.5. The monoisotopic (exact) mass is 526 g/mol. The van der Waals surface area contributed by atoms with Gasteiger partial charge in [-0.15, -0.1) is 11.3 Å². The maximum atomic E-state index is 12.8. The number of thioether (sulfide) groups is 1. The number of hydrogen-bond acceptors (Lipinski definition) is 7. The van der Waals surface area contributed by atoms with Gasteiger partial charge < -0.3 is 10.4 Å². The summed E-state index contributed by atoms with van der Waals surface area (Å²) in [5, 5.41) is 12.8. The van der Waals surface area contributed by atoms with Gasteiger partial charge >= 0.3 is 5.97 Å². The Morgan fingerprint density at radius 3 is 2.51 bits per heavy atom. The molecule has 0 fully saturated rings. The summed E-state index contributed by atoms with van der Waals surface area (Å²) < 4.78 is 23.5. The van der Waals surface area contributed by atoms with Crippen molar-refractivity contribution in [1.29, 1.82) is 0 Å². The van der Waals surface area contributed by atoms with E-state index in [0.717, 1.165) is 4.88 Å². The van der Waals surface area contributed by atoms with Crippen molar-refractivity contribution >= 4 is 62.6 Å². The summed E-state index contributed by atoms with van der Waals surface area (Å²) in [4.78, 5) is 33.2. The molecule has 0 aliphatic heterocycles.